The number of rotatable bonds is 3. The highest BCUT2D eigenvalue weighted by atomic mass is 16.8. The SMILES string of the molecule is Cc1c(N=Cc2no[n+]([O-])c2C)c(=O)n(-c2ccccc2)n1C. The molecule has 8 heteroatoms. The van der Waals surface area contributed by atoms with Crippen LogP contribution in [-0.4, -0.2) is 20.7 Å². The van der Waals surface area contributed by atoms with Crippen LogP contribution in [0.15, 0.2) is 44.7 Å². The van der Waals surface area contributed by atoms with Crippen LogP contribution >= 0.6 is 0 Å². The van der Waals surface area contributed by atoms with E-state index in [1.165, 1.54) is 10.9 Å². The maximum Gasteiger partial charge on any atom is 0.297 e. The van der Waals surface area contributed by atoms with E-state index >= 15 is 0 Å². The fourth-order valence-electron chi connectivity index (χ4n) is 2.25. The highest BCUT2D eigenvalue weighted by molar-refractivity contribution is 5.80. The van der Waals surface area contributed by atoms with E-state index in [4.69, 9.17) is 0 Å². The number of benzene rings is 1. The molecule has 0 N–H and O–H groups in total. The van der Waals surface area contributed by atoms with Gasteiger partial charge in [0.05, 0.1) is 17.6 Å². The standard InChI is InChI=1S/C15H15N5O3/c1-10-13(17-23-20(10)22)9-16-14-11(2)18(3)19(15(14)21)12-7-5-4-6-8-12/h4-9H,1-3H3. The van der Waals surface area contributed by atoms with Crippen LogP contribution in [0.25, 0.3) is 5.69 Å². The molecule has 0 aliphatic rings. The summed E-state index contributed by atoms with van der Waals surface area (Å²) in [6.45, 7) is 3.36. The molecule has 8 nitrogen and oxygen atoms in total. The molecule has 0 radical (unpaired) electrons. The van der Waals surface area contributed by atoms with Crippen LogP contribution in [0, 0.1) is 19.1 Å². The molecule has 1 aromatic carbocycles. The Morgan fingerprint density at radius 3 is 2.61 bits per heavy atom. The first-order valence-electron chi connectivity index (χ1n) is 6.95. The molecule has 0 unspecified atom stereocenters. The maximum atomic E-state index is 12.6. The van der Waals surface area contributed by atoms with Gasteiger partial charge in [-0.05, 0) is 24.0 Å². The topological polar surface area (TPSA) is 92.3 Å². The lowest BCUT2D eigenvalue weighted by Gasteiger charge is -2.07. The molecule has 0 amide bonds. The number of para-hydroxylation sites is 1. The second-order valence-electron chi connectivity index (χ2n) is 5.07. The fraction of sp³-hybridized carbons (Fsp3) is 0.200. The molecule has 23 heavy (non-hydrogen) atoms. The summed E-state index contributed by atoms with van der Waals surface area (Å²) in [6, 6.07) is 9.29. The summed E-state index contributed by atoms with van der Waals surface area (Å²) in [7, 11) is 1.79. The lowest BCUT2D eigenvalue weighted by atomic mass is 10.3. The van der Waals surface area contributed by atoms with Gasteiger partial charge in [0, 0.05) is 19.1 Å². The number of aliphatic imine (C=N–C) groups is 1. The molecule has 0 aliphatic carbocycles. The first-order chi connectivity index (χ1) is 11.0. The van der Waals surface area contributed by atoms with E-state index in [1.54, 1.807) is 25.6 Å². The van der Waals surface area contributed by atoms with E-state index in [9.17, 15) is 10.0 Å². The quantitative estimate of drug-likeness (QED) is 0.536. The van der Waals surface area contributed by atoms with Crippen LogP contribution in [-0.2, 0) is 7.05 Å². The molecular weight excluding hydrogens is 298 g/mol. The first kappa shape index (κ1) is 14.8. The van der Waals surface area contributed by atoms with Crippen LogP contribution in [0.1, 0.15) is 17.1 Å². The van der Waals surface area contributed by atoms with E-state index in [0.717, 1.165) is 5.69 Å². The molecule has 0 aliphatic heterocycles. The van der Waals surface area contributed by atoms with Gasteiger partial charge in [-0.25, -0.2) is 9.67 Å². The monoisotopic (exact) mass is 313 g/mol. The van der Waals surface area contributed by atoms with E-state index in [-0.39, 0.29) is 22.6 Å². The Bertz CT molecular complexity index is 934. The van der Waals surface area contributed by atoms with Crippen LogP contribution in [0.2, 0.25) is 0 Å². The fourth-order valence-corrected chi connectivity index (χ4v) is 2.25. The van der Waals surface area contributed by atoms with Crippen LogP contribution in [0.5, 0.6) is 0 Å². The second-order valence-corrected chi connectivity index (χ2v) is 5.07. The zero-order valence-electron chi connectivity index (χ0n) is 12.9. The van der Waals surface area contributed by atoms with E-state index in [0.29, 0.717) is 10.6 Å². The van der Waals surface area contributed by atoms with E-state index < -0.39 is 0 Å². The third-order valence-corrected chi connectivity index (χ3v) is 3.70. The molecule has 0 saturated heterocycles. The van der Waals surface area contributed by atoms with E-state index in [2.05, 4.69) is 14.8 Å². The first-order valence-corrected chi connectivity index (χ1v) is 6.95. The molecule has 3 rings (SSSR count). The van der Waals surface area contributed by atoms with Crippen molar-refractivity contribution >= 4 is 11.9 Å². The van der Waals surface area contributed by atoms with Crippen LogP contribution in [0.3, 0.4) is 0 Å². The van der Waals surface area contributed by atoms with Crippen molar-refractivity contribution in [3.63, 3.8) is 0 Å². The minimum atomic E-state index is -0.247. The van der Waals surface area contributed by atoms with Gasteiger partial charge >= 0.3 is 0 Å². The average Bonchev–Trinajstić information content (AvgIpc) is 2.98. The van der Waals surface area contributed by atoms with Crippen molar-refractivity contribution in [3.8, 4) is 5.69 Å². The Kier molecular flexibility index (Phi) is 3.57. The summed E-state index contributed by atoms with van der Waals surface area (Å²) in [6.07, 6.45) is 1.35. The summed E-state index contributed by atoms with van der Waals surface area (Å²) in [5, 5.41) is 14.8. The van der Waals surface area contributed by atoms with Crippen molar-refractivity contribution in [1.29, 1.82) is 0 Å². The number of nitrogens with zero attached hydrogens (tertiary/aromatic N) is 5. The van der Waals surface area contributed by atoms with Gasteiger partial charge in [-0.2, -0.15) is 0 Å². The Labute approximate surface area is 131 Å². The van der Waals surface area contributed by atoms with Gasteiger partial charge in [-0.1, -0.05) is 18.2 Å². The molecule has 2 aromatic heterocycles. The van der Waals surface area contributed by atoms with Gasteiger partial charge in [0.1, 0.15) is 0 Å². The third kappa shape index (κ3) is 2.44. The van der Waals surface area contributed by atoms with Crippen LogP contribution < -0.4 is 10.5 Å². The molecule has 2 heterocycles. The lowest BCUT2D eigenvalue weighted by molar-refractivity contribution is -0.806. The predicted octanol–water partition coefficient (Wildman–Crippen LogP) is 1.16. The van der Waals surface area contributed by atoms with Crippen molar-refractivity contribution in [1.82, 2.24) is 14.5 Å². The van der Waals surface area contributed by atoms with Gasteiger partial charge in [0.25, 0.3) is 11.3 Å². The van der Waals surface area contributed by atoms with Crippen molar-refractivity contribution in [3.05, 3.63) is 63.0 Å². The van der Waals surface area contributed by atoms with Crippen LogP contribution in [0.4, 0.5) is 5.69 Å². The largest absolute Gasteiger partial charge is 0.359 e. The van der Waals surface area contributed by atoms with Gasteiger partial charge in [-0.15, -0.1) is 0 Å². The van der Waals surface area contributed by atoms with Gasteiger partial charge < -0.3 is 5.21 Å². The third-order valence-electron chi connectivity index (χ3n) is 3.70. The Morgan fingerprint density at radius 2 is 2.00 bits per heavy atom. The van der Waals surface area contributed by atoms with Crippen molar-refractivity contribution in [2.24, 2.45) is 12.0 Å². The van der Waals surface area contributed by atoms with Crippen molar-refractivity contribution in [2.75, 3.05) is 0 Å². The predicted molar refractivity (Wildman–Crippen MR) is 83.2 cm³/mol. The molecular formula is C15H15N5O3. The molecule has 0 fully saturated rings. The summed E-state index contributed by atoms with van der Waals surface area (Å²) < 4.78 is 7.74. The lowest BCUT2D eigenvalue weighted by Crippen LogP contribution is -2.26. The van der Waals surface area contributed by atoms with Crippen molar-refractivity contribution in [2.45, 2.75) is 13.8 Å². The summed E-state index contributed by atoms with van der Waals surface area (Å²) in [5.74, 6) is 0. The molecule has 0 saturated carbocycles. The summed E-state index contributed by atoms with van der Waals surface area (Å²) in [4.78, 5) is 17.1. The Balaban J connectivity index is 2.08. The molecule has 118 valence electrons. The normalized spacial score (nSPS) is 11.4. The maximum absolute atomic E-state index is 12.6. The van der Waals surface area contributed by atoms with E-state index in [1.807, 2.05) is 30.3 Å². The zero-order valence-corrected chi connectivity index (χ0v) is 12.9. The summed E-state index contributed by atoms with van der Waals surface area (Å²) >= 11 is 0. The zero-order chi connectivity index (χ0) is 16.6. The summed E-state index contributed by atoms with van der Waals surface area (Å²) in [5.41, 5.74) is 2.06. The molecule has 3 aromatic rings. The highest BCUT2D eigenvalue weighted by Gasteiger charge is 2.16. The minimum Gasteiger partial charge on any atom is -0.359 e. The molecule has 0 bridgehead atoms. The molecule has 0 spiro atoms. The smallest absolute Gasteiger partial charge is 0.297 e. The number of aromatic nitrogens is 4. The Hall–Kier alpha value is -3.16. The Morgan fingerprint density at radius 1 is 1.30 bits per heavy atom. The minimum absolute atomic E-state index is 0.247. The second kappa shape index (κ2) is 5.56. The molecule has 0 atom stereocenters. The average molecular weight is 313 g/mol. The number of hydrogen-bond acceptors (Lipinski definition) is 5. The van der Waals surface area contributed by atoms with Crippen molar-refractivity contribution < 1.29 is 9.53 Å². The van der Waals surface area contributed by atoms with Gasteiger partial charge in [0.15, 0.2) is 5.69 Å². The highest BCUT2D eigenvalue weighted by Crippen LogP contribution is 2.16. The number of hydrogen-bond donors (Lipinski definition) is 0. The van der Waals surface area contributed by atoms with Gasteiger partial charge in [0.2, 0.25) is 5.69 Å². The van der Waals surface area contributed by atoms with Gasteiger partial charge in [-0.3, -0.25) is 14.1 Å².